The van der Waals surface area contributed by atoms with Crippen molar-refractivity contribution in [2.24, 2.45) is 0 Å². The number of Topliss-reactive ketones (excluding diaryl/α,β-unsaturated/α-hetero) is 1. The lowest BCUT2D eigenvalue weighted by Crippen LogP contribution is -2.47. The first kappa shape index (κ1) is 12.7. The first-order chi connectivity index (χ1) is 7.27. The molecule has 0 aliphatic carbocycles. The molecule has 0 radical (unpaired) electrons. The summed E-state index contributed by atoms with van der Waals surface area (Å²) in [6, 6.07) is 0.0538. The summed E-state index contributed by atoms with van der Waals surface area (Å²) in [5.41, 5.74) is 0. The fourth-order valence-electron chi connectivity index (χ4n) is 2.17. The van der Waals surface area contributed by atoms with Gasteiger partial charge >= 0.3 is 0 Å². The topological polar surface area (TPSA) is 32.3 Å². The van der Waals surface area contributed by atoms with Crippen LogP contribution >= 0.6 is 0 Å². The molecule has 0 aromatic rings. The summed E-state index contributed by atoms with van der Waals surface area (Å²) in [6.45, 7) is 8.12. The molecule has 88 valence electrons. The summed E-state index contributed by atoms with van der Waals surface area (Å²) in [6.07, 6.45) is 4.58. The van der Waals surface area contributed by atoms with Crippen molar-refractivity contribution in [2.45, 2.75) is 45.6 Å². The Labute approximate surface area is 93.2 Å². The van der Waals surface area contributed by atoms with Crippen molar-refractivity contribution in [3.63, 3.8) is 0 Å². The van der Waals surface area contributed by atoms with Gasteiger partial charge in [0.05, 0.1) is 6.04 Å². The van der Waals surface area contributed by atoms with Crippen molar-refractivity contribution in [1.29, 1.82) is 0 Å². The third kappa shape index (κ3) is 4.31. The maximum absolute atomic E-state index is 11.7. The van der Waals surface area contributed by atoms with Gasteiger partial charge in [0.2, 0.25) is 0 Å². The molecule has 15 heavy (non-hydrogen) atoms. The van der Waals surface area contributed by atoms with Gasteiger partial charge in [-0.3, -0.25) is 4.79 Å². The van der Waals surface area contributed by atoms with Crippen molar-refractivity contribution in [2.75, 3.05) is 26.2 Å². The lowest BCUT2D eigenvalue weighted by molar-refractivity contribution is -0.121. The van der Waals surface area contributed by atoms with Gasteiger partial charge in [-0.1, -0.05) is 20.3 Å². The van der Waals surface area contributed by atoms with Gasteiger partial charge in [-0.2, -0.15) is 0 Å². The molecule has 1 saturated heterocycles. The molecular weight excluding hydrogens is 188 g/mol. The summed E-state index contributed by atoms with van der Waals surface area (Å²) < 4.78 is 0. The van der Waals surface area contributed by atoms with Crippen molar-refractivity contribution in [3.8, 4) is 0 Å². The predicted octanol–water partition coefficient (Wildman–Crippen LogP) is 1.43. The third-order valence-electron chi connectivity index (χ3n) is 3.08. The van der Waals surface area contributed by atoms with Crippen LogP contribution in [0.5, 0.6) is 0 Å². The zero-order chi connectivity index (χ0) is 11.1. The molecule has 1 heterocycles. The monoisotopic (exact) mass is 212 g/mol. The number of ketones is 1. The van der Waals surface area contributed by atoms with E-state index in [9.17, 15) is 4.79 Å². The smallest absolute Gasteiger partial charge is 0.150 e. The van der Waals surface area contributed by atoms with E-state index in [0.717, 1.165) is 13.1 Å². The number of hydrogen-bond donors (Lipinski definition) is 1. The standard InChI is InChI=1S/C12H24N2O/c1-3-12(15)11(13-4-2)10-14-8-6-5-7-9-14/h11,13H,3-10H2,1-2H3. The summed E-state index contributed by atoms with van der Waals surface area (Å²) in [7, 11) is 0. The second-order valence-electron chi connectivity index (χ2n) is 4.29. The molecule has 3 heteroatoms. The Hall–Kier alpha value is -0.410. The highest BCUT2D eigenvalue weighted by Gasteiger charge is 2.20. The number of piperidine rings is 1. The number of nitrogens with one attached hydrogen (secondary N) is 1. The second-order valence-corrected chi connectivity index (χ2v) is 4.29. The molecule has 1 fully saturated rings. The van der Waals surface area contributed by atoms with E-state index in [1.807, 2.05) is 6.92 Å². The van der Waals surface area contributed by atoms with Gasteiger partial charge in [-0.05, 0) is 32.5 Å². The highest BCUT2D eigenvalue weighted by Crippen LogP contribution is 2.09. The number of rotatable bonds is 6. The van der Waals surface area contributed by atoms with Crippen LogP contribution in [0.15, 0.2) is 0 Å². The molecule has 0 saturated carbocycles. The van der Waals surface area contributed by atoms with Crippen molar-refractivity contribution in [1.82, 2.24) is 10.2 Å². The van der Waals surface area contributed by atoms with Crippen LogP contribution in [0.3, 0.4) is 0 Å². The Bertz CT molecular complexity index is 188. The van der Waals surface area contributed by atoms with Gasteiger partial charge < -0.3 is 10.2 Å². The minimum absolute atomic E-state index is 0.0538. The molecule has 1 aliphatic heterocycles. The number of likely N-dealkylation sites (N-methyl/N-ethyl adjacent to an activating group) is 1. The summed E-state index contributed by atoms with van der Waals surface area (Å²) >= 11 is 0. The van der Waals surface area contributed by atoms with E-state index in [0.29, 0.717) is 12.2 Å². The maximum atomic E-state index is 11.7. The van der Waals surface area contributed by atoms with E-state index >= 15 is 0 Å². The molecule has 0 spiro atoms. The maximum Gasteiger partial charge on any atom is 0.150 e. The lowest BCUT2D eigenvalue weighted by atomic mass is 10.1. The Kier molecular flexibility index (Phi) is 5.88. The van der Waals surface area contributed by atoms with Crippen LogP contribution in [-0.2, 0) is 4.79 Å². The summed E-state index contributed by atoms with van der Waals surface area (Å²) in [5, 5.41) is 3.29. The van der Waals surface area contributed by atoms with E-state index < -0.39 is 0 Å². The zero-order valence-corrected chi connectivity index (χ0v) is 10.1. The number of likely N-dealkylation sites (tertiary alicyclic amines) is 1. The molecule has 1 rings (SSSR count). The van der Waals surface area contributed by atoms with E-state index in [1.54, 1.807) is 0 Å². The Balaban J connectivity index is 2.38. The Morgan fingerprint density at radius 3 is 2.47 bits per heavy atom. The van der Waals surface area contributed by atoms with Crippen LogP contribution in [-0.4, -0.2) is 42.9 Å². The van der Waals surface area contributed by atoms with Crippen molar-refractivity contribution in [3.05, 3.63) is 0 Å². The van der Waals surface area contributed by atoms with Gasteiger partial charge in [0, 0.05) is 13.0 Å². The van der Waals surface area contributed by atoms with Gasteiger partial charge in [-0.15, -0.1) is 0 Å². The summed E-state index contributed by atoms with van der Waals surface area (Å²) in [5.74, 6) is 0.349. The van der Waals surface area contributed by atoms with Crippen LogP contribution in [0.2, 0.25) is 0 Å². The molecular formula is C12H24N2O. The molecule has 3 nitrogen and oxygen atoms in total. The molecule has 0 aromatic carbocycles. The van der Waals surface area contributed by atoms with Crippen LogP contribution in [0.25, 0.3) is 0 Å². The summed E-state index contributed by atoms with van der Waals surface area (Å²) in [4.78, 5) is 14.1. The molecule has 0 bridgehead atoms. The minimum atomic E-state index is 0.0538. The zero-order valence-electron chi connectivity index (χ0n) is 10.1. The Morgan fingerprint density at radius 1 is 1.27 bits per heavy atom. The first-order valence-electron chi connectivity index (χ1n) is 6.26. The van der Waals surface area contributed by atoms with Crippen molar-refractivity contribution >= 4 is 5.78 Å². The highest BCUT2D eigenvalue weighted by molar-refractivity contribution is 5.83. The fraction of sp³-hybridized carbons (Fsp3) is 0.917. The van der Waals surface area contributed by atoms with Gasteiger partial charge in [-0.25, -0.2) is 0 Å². The molecule has 1 aliphatic rings. The average molecular weight is 212 g/mol. The van der Waals surface area contributed by atoms with E-state index in [2.05, 4.69) is 17.1 Å². The van der Waals surface area contributed by atoms with Gasteiger partial charge in [0.25, 0.3) is 0 Å². The minimum Gasteiger partial charge on any atom is -0.307 e. The molecule has 1 N–H and O–H groups in total. The van der Waals surface area contributed by atoms with Crippen LogP contribution in [0, 0.1) is 0 Å². The lowest BCUT2D eigenvalue weighted by Gasteiger charge is -2.30. The van der Waals surface area contributed by atoms with E-state index in [1.165, 1.54) is 32.4 Å². The van der Waals surface area contributed by atoms with Crippen LogP contribution in [0.1, 0.15) is 39.5 Å². The molecule has 1 unspecified atom stereocenters. The SMILES string of the molecule is CCNC(CN1CCCCC1)C(=O)CC. The second kappa shape index (κ2) is 6.96. The normalized spacial score (nSPS) is 20.1. The van der Waals surface area contributed by atoms with Crippen LogP contribution in [0.4, 0.5) is 0 Å². The third-order valence-corrected chi connectivity index (χ3v) is 3.08. The molecule has 1 atom stereocenters. The first-order valence-corrected chi connectivity index (χ1v) is 6.26. The number of carbonyl (C=O) groups is 1. The van der Waals surface area contributed by atoms with Crippen molar-refractivity contribution < 1.29 is 4.79 Å². The number of carbonyl (C=O) groups excluding carboxylic acids is 1. The number of hydrogen-bond acceptors (Lipinski definition) is 3. The number of nitrogens with zero attached hydrogens (tertiary/aromatic N) is 1. The Morgan fingerprint density at radius 2 is 1.93 bits per heavy atom. The van der Waals surface area contributed by atoms with E-state index in [-0.39, 0.29) is 6.04 Å². The predicted molar refractivity (Wildman–Crippen MR) is 63.1 cm³/mol. The van der Waals surface area contributed by atoms with Crippen LogP contribution < -0.4 is 5.32 Å². The van der Waals surface area contributed by atoms with Gasteiger partial charge in [0.1, 0.15) is 0 Å². The quantitative estimate of drug-likeness (QED) is 0.723. The molecule has 0 aromatic heterocycles. The fourth-order valence-corrected chi connectivity index (χ4v) is 2.17. The average Bonchev–Trinajstić information content (AvgIpc) is 2.29. The van der Waals surface area contributed by atoms with E-state index in [4.69, 9.17) is 0 Å². The largest absolute Gasteiger partial charge is 0.307 e. The highest BCUT2D eigenvalue weighted by atomic mass is 16.1. The van der Waals surface area contributed by atoms with Gasteiger partial charge in [0.15, 0.2) is 5.78 Å². The molecule has 0 amide bonds.